The van der Waals surface area contributed by atoms with Crippen molar-refractivity contribution in [2.45, 2.75) is 64.6 Å². The van der Waals surface area contributed by atoms with Gasteiger partial charge in [0.2, 0.25) is 0 Å². The Bertz CT molecular complexity index is 913. The zero-order valence-electron chi connectivity index (χ0n) is 18.9. The number of hydrogen-bond acceptors (Lipinski definition) is 3. The lowest BCUT2D eigenvalue weighted by atomic mass is 9.67. The van der Waals surface area contributed by atoms with Crippen LogP contribution in [0.25, 0.3) is 0 Å². The molecule has 2 amide bonds. The summed E-state index contributed by atoms with van der Waals surface area (Å²) in [6.07, 6.45) is 6.86. The second kappa shape index (κ2) is 10.1. The number of carbonyl (C=O) groups is 1. The van der Waals surface area contributed by atoms with Gasteiger partial charge in [0, 0.05) is 36.4 Å². The molecule has 2 aliphatic rings. The lowest BCUT2D eigenvalue weighted by Gasteiger charge is -2.46. The zero-order valence-corrected chi connectivity index (χ0v) is 19.6. The third-order valence-electron chi connectivity index (χ3n) is 7.32. The Hall–Kier alpha value is -2.24. The summed E-state index contributed by atoms with van der Waals surface area (Å²) in [6.45, 7) is 4.30. The van der Waals surface area contributed by atoms with Gasteiger partial charge < -0.3 is 20.6 Å². The zero-order chi connectivity index (χ0) is 22.6. The smallest absolute Gasteiger partial charge is 0.317 e. The molecule has 0 bridgehead atoms. The molecule has 1 saturated heterocycles. The molecule has 2 aromatic carbocycles. The number of rotatable bonds is 5. The van der Waals surface area contributed by atoms with Gasteiger partial charge in [-0.1, -0.05) is 47.5 Å². The summed E-state index contributed by atoms with van der Waals surface area (Å²) >= 11 is 6.23. The van der Waals surface area contributed by atoms with Crippen molar-refractivity contribution in [1.29, 1.82) is 0 Å². The van der Waals surface area contributed by atoms with E-state index in [9.17, 15) is 9.90 Å². The van der Waals surface area contributed by atoms with E-state index in [1.165, 1.54) is 18.4 Å². The molecule has 1 saturated carbocycles. The number of halogens is 1. The van der Waals surface area contributed by atoms with Crippen molar-refractivity contribution in [3.8, 4) is 0 Å². The average molecular weight is 456 g/mol. The van der Waals surface area contributed by atoms with Crippen LogP contribution in [0.4, 0.5) is 10.5 Å². The Labute approximate surface area is 196 Å². The molecule has 1 aliphatic heterocycles. The first-order valence-corrected chi connectivity index (χ1v) is 12.1. The number of aliphatic hydroxyl groups excluding tert-OH is 1. The van der Waals surface area contributed by atoms with Crippen molar-refractivity contribution >= 4 is 23.3 Å². The number of aliphatic hydroxyl groups is 1. The van der Waals surface area contributed by atoms with Crippen LogP contribution in [0.15, 0.2) is 42.5 Å². The van der Waals surface area contributed by atoms with Crippen molar-refractivity contribution in [1.82, 2.24) is 10.2 Å². The van der Waals surface area contributed by atoms with Gasteiger partial charge in [0.1, 0.15) is 0 Å². The van der Waals surface area contributed by atoms with Crippen LogP contribution in [-0.2, 0) is 13.2 Å². The molecule has 172 valence electrons. The van der Waals surface area contributed by atoms with Gasteiger partial charge in [-0.25, -0.2) is 4.79 Å². The molecular weight excluding hydrogens is 422 g/mol. The molecular formula is C26H34ClN3O2. The fourth-order valence-corrected chi connectivity index (χ4v) is 5.30. The second-order valence-electron chi connectivity index (χ2n) is 9.51. The number of likely N-dealkylation sites (tertiary alicyclic amines) is 1. The lowest BCUT2D eigenvalue weighted by molar-refractivity contribution is 0.0778. The highest BCUT2D eigenvalue weighted by Gasteiger charge is 2.39. The molecule has 5 nitrogen and oxygen atoms in total. The number of urea groups is 1. The minimum atomic E-state index is -0.0357. The molecule has 4 rings (SSSR count). The van der Waals surface area contributed by atoms with Gasteiger partial charge in [-0.3, -0.25) is 0 Å². The molecule has 1 aliphatic carbocycles. The van der Waals surface area contributed by atoms with E-state index in [1.54, 1.807) is 0 Å². The molecule has 3 N–H and O–H groups in total. The maximum absolute atomic E-state index is 12.6. The molecule has 6 heteroatoms. The summed E-state index contributed by atoms with van der Waals surface area (Å²) in [5, 5.41) is 16.6. The molecule has 0 aromatic heterocycles. The monoisotopic (exact) mass is 455 g/mol. The Morgan fingerprint density at radius 3 is 2.41 bits per heavy atom. The summed E-state index contributed by atoms with van der Waals surface area (Å²) in [4.78, 5) is 14.6. The maximum atomic E-state index is 12.6. The average Bonchev–Trinajstić information content (AvgIpc) is 2.81. The number of hydrogen-bond donors (Lipinski definition) is 3. The van der Waals surface area contributed by atoms with Gasteiger partial charge in [-0.05, 0) is 74.1 Å². The number of carbonyl (C=O) groups excluding carboxylic acids is 1. The maximum Gasteiger partial charge on any atom is 0.317 e. The molecule has 32 heavy (non-hydrogen) atoms. The summed E-state index contributed by atoms with van der Waals surface area (Å²) in [6, 6.07) is 14.6. The first-order valence-electron chi connectivity index (χ1n) is 11.7. The minimum absolute atomic E-state index is 0.0357. The Morgan fingerprint density at radius 2 is 1.78 bits per heavy atom. The summed E-state index contributed by atoms with van der Waals surface area (Å²) in [5.74, 6) is 0. The van der Waals surface area contributed by atoms with Gasteiger partial charge in [-0.2, -0.15) is 0 Å². The number of nitrogens with one attached hydrogen (secondary N) is 2. The number of anilines is 1. The summed E-state index contributed by atoms with van der Waals surface area (Å²) in [7, 11) is 0. The van der Waals surface area contributed by atoms with Crippen LogP contribution in [0.5, 0.6) is 0 Å². The normalized spacial score (nSPS) is 18.5. The largest absolute Gasteiger partial charge is 0.392 e. The SMILES string of the molecule is Cc1ccc(CNC(=O)N2CCC3(CCC(Nc4ccc(CO)c(Cl)c4)CC3)CC2)cc1. The van der Waals surface area contributed by atoms with E-state index in [0.29, 0.717) is 23.0 Å². The van der Waals surface area contributed by atoms with Crippen LogP contribution in [0, 0.1) is 12.3 Å². The standard InChI is InChI=1S/C26H34ClN3O2/c1-19-2-4-20(5-3-19)17-28-25(32)30-14-12-26(13-15-30)10-8-22(9-11-26)29-23-7-6-21(18-31)24(27)16-23/h2-7,16,22,29,31H,8-15,17-18H2,1H3,(H,28,32). The Morgan fingerprint density at radius 1 is 1.09 bits per heavy atom. The number of nitrogens with zero attached hydrogens (tertiary/aromatic N) is 1. The van der Waals surface area contributed by atoms with Crippen molar-refractivity contribution in [3.63, 3.8) is 0 Å². The number of aryl methyl sites for hydroxylation is 1. The van der Waals surface area contributed by atoms with E-state index < -0.39 is 0 Å². The van der Waals surface area contributed by atoms with Crippen molar-refractivity contribution in [2.24, 2.45) is 5.41 Å². The number of piperidine rings is 1. The fraction of sp³-hybridized carbons (Fsp3) is 0.500. The van der Waals surface area contributed by atoms with Gasteiger partial charge >= 0.3 is 6.03 Å². The topological polar surface area (TPSA) is 64.6 Å². The lowest BCUT2D eigenvalue weighted by Crippen LogP contribution is -2.48. The first kappa shape index (κ1) is 22.9. The summed E-state index contributed by atoms with van der Waals surface area (Å²) in [5.41, 5.74) is 4.53. The fourth-order valence-electron chi connectivity index (χ4n) is 5.06. The third kappa shape index (κ3) is 5.57. The highest BCUT2D eigenvalue weighted by atomic mass is 35.5. The minimum Gasteiger partial charge on any atom is -0.392 e. The Kier molecular flexibility index (Phi) is 7.27. The molecule has 2 aromatic rings. The first-order chi connectivity index (χ1) is 15.5. The predicted octanol–water partition coefficient (Wildman–Crippen LogP) is 5.49. The number of benzene rings is 2. The van der Waals surface area contributed by atoms with Crippen molar-refractivity contribution < 1.29 is 9.90 Å². The van der Waals surface area contributed by atoms with Crippen LogP contribution >= 0.6 is 11.6 Å². The molecule has 2 fully saturated rings. The van der Waals surface area contributed by atoms with Crippen molar-refractivity contribution in [3.05, 3.63) is 64.2 Å². The van der Waals surface area contributed by atoms with E-state index in [1.807, 2.05) is 23.1 Å². The van der Waals surface area contributed by atoms with Gasteiger partial charge in [-0.15, -0.1) is 0 Å². The predicted molar refractivity (Wildman–Crippen MR) is 130 cm³/mol. The highest BCUT2D eigenvalue weighted by molar-refractivity contribution is 6.31. The van der Waals surface area contributed by atoms with Crippen LogP contribution in [0.3, 0.4) is 0 Å². The van der Waals surface area contributed by atoms with Crippen LogP contribution in [0.2, 0.25) is 5.02 Å². The second-order valence-corrected chi connectivity index (χ2v) is 9.92. The van der Waals surface area contributed by atoms with Gasteiger partial charge in [0.05, 0.1) is 6.61 Å². The van der Waals surface area contributed by atoms with Crippen LogP contribution in [0.1, 0.15) is 55.2 Å². The van der Waals surface area contributed by atoms with Gasteiger partial charge in [0.25, 0.3) is 0 Å². The van der Waals surface area contributed by atoms with E-state index in [0.717, 1.165) is 55.6 Å². The van der Waals surface area contributed by atoms with E-state index in [-0.39, 0.29) is 12.6 Å². The van der Waals surface area contributed by atoms with Crippen LogP contribution < -0.4 is 10.6 Å². The third-order valence-corrected chi connectivity index (χ3v) is 7.67. The highest BCUT2D eigenvalue weighted by Crippen LogP contribution is 2.45. The van der Waals surface area contributed by atoms with E-state index in [4.69, 9.17) is 11.6 Å². The van der Waals surface area contributed by atoms with E-state index in [2.05, 4.69) is 41.8 Å². The molecule has 0 unspecified atom stereocenters. The summed E-state index contributed by atoms with van der Waals surface area (Å²) < 4.78 is 0. The Balaban J connectivity index is 1.21. The molecule has 1 heterocycles. The van der Waals surface area contributed by atoms with E-state index >= 15 is 0 Å². The number of amides is 2. The van der Waals surface area contributed by atoms with Crippen LogP contribution in [-0.4, -0.2) is 35.2 Å². The van der Waals surface area contributed by atoms with Gasteiger partial charge in [0.15, 0.2) is 0 Å². The molecule has 1 spiro atoms. The quantitative estimate of drug-likeness (QED) is 0.558. The molecule has 0 atom stereocenters. The van der Waals surface area contributed by atoms with Crippen molar-refractivity contribution in [2.75, 3.05) is 18.4 Å². The molecule has 0 radical (unpaired) electrons.